The fourth-order valence-electron chi connectivity index (χ4n) is 3.95. The Balaban J connectivity index is 3.09. The van der Waals surface area contributed by atoms with Crippen molar-refractivity contribution in [3.8, 4) is 0 Å². The number of aliphatic carboxylic acids is 1. The predicted octanol–water partition coefficient (Wildman–Crippen LogP) is 1.53. The van der Waals surface area contributed by atoms with E-state index in [0.29, 0.717) is 19.3 Å². The second-order valence-corrected chi connectivity index (χ2v) is 8.39. The van der Waals surface area contributed by atoms with Crippen LogP contribution in [0.2, 0.25) is 0 Å². The maximum atomic E-state index is 12.5. The van der Waals surface area contributed by atoms with Gasteiger partial charge in [-0.3, -0.25) is 4.79 Å². The molecule has 1 heterocycles. The van der Waals surface area contributed by atoms with Crippen molar-refractivity contribution in [3.63, 3.8) is 0 Å². The fraction of sp³-hybridized carbons (Fsp3) is 0.909. The van der Waals surface area contributed by atoms with Gasteiger partial charge in [0.1, 0.15) is 30.5 Å². The van der Waals surface area contributed by atoms with Crippen LogP contribution in [0.4, 0.5) is 0 Å². The van der Waals surface area contributed by atoms with E-state index < -0.39 is 54.7 Å². The molecule has 0 aliphatic carbocycles. The number of esters is 1. The van der Waals surface area contributed by atoms with Gasteiger partial charge in [0.15, 0.2) is 0 Å². The Kier molecular flexibility index (Phi) is 12.5. The highest BCUT2D eigenvalue weighted by Crippen LogP contribution is 2.35. The number of hydrogen-bond donors (Lipinski definition) is 5. The van der Waals surface area contributed by atoms with Gasteiger partial charge in [-0.15, -0.1) is 0 Å². The molecule has 9 nitrogen and oxygen atoms in total. The Morgan fingerprint density at radius 3 is 2.03 bits per heavy atom. The molecule has 31 heavy (non-hydrogen) atoms. The quantitative estimate of drug-likeness (QED) is 0.185. The number of hydrogen-bond acceptors (Lipinski definition) is 8. The molecular formula is C22H40O9. The molecule has 0 aromatic carbocycles. The van der Waals surface area contributed by atoms with Gasteiger partial charge in [0.2, 0.25) is 5.60 Å². The van der Waals surface area contributed by atoms with E-state index in [4.69, 9.17) is 9.47 Å². The number of carboxylic acids is 1. The average Bonchev–Trinajstić information content (AvgIpc) is 2.74. The second-order valence-electron chi connectivity index (χ2n) is 8.39. The van der Waals surface area contributed by atoms with E-state index in [1.165, 1.54) is 0 Å². The normalized spacial score (nSPS) is 28.1. The average molecular weight is 449 g/mol. The molecule has 0 spiro atoms. The third-order valence-corrected chi connectivity index (χ3v) is 5.90. The maximum absolute atomic E-state index is 12.5. The van der Waals surface area contributed by atoms with Crippen LogP contribution in [-0.4, -0.2) is 80.2 Å². The lowest BCUT2D eigenvalue weighted by molar-refractivity contribution is -0.274. The molecule has 0 aromatic rings. The van der Waals surface area contributed by atoms with E-state index in [2.05, 4.69) is 6.92 Å². The molecule has 5 N–H and O–H groups in total. The van der Waals surface area contributed by atoms with Gasteiger partial charge in [0.05, 0.1) is 6.61 Å². The topological polar surface area (TPSA) is 154 Å². The first-order valence-electron chi connectivity index (χ1n) is 11.5. The summed E-state index contributed by atoms with van der Waals surface area (Å²) in [5.41, 5.74) is -2.23. The summed E-state index contributed by atoms with van der Waals surface area (Å²) in [5.74, 6) is -2.21. The van der Waals surface area contributed by atoms with E-state index >= 15 is 0 Å². The van der Waals surface area contributed by atoms with Crippen molar-refractivity contribution in [3.05, 3.63) is 0 Å². The van der Waals surface area contributed by atoms with Crippen LogP contribution in [0.15, 0.2) is 0 Å². The largest absolute Gasteiger partial charge is 0.478 e. The molecule has 1 aliphatic heterocycles. The molecule has 182 valence electrons. The Morgan fingerprint density at radius 2 is 1.45 bits per heavy atom. The Labute approximate surface area is 184 Å². The molecule has 1 saturated heterocycles. The standard InChI is InChI=1S/C22H40O9/c1-3-5-7-8-9-11-13-22(21(28)29,31-16(24)12-10-6-4-2)20-19(27)18(26)17(25)15(14-23)30-20/h15,17-20,23,25-27H,3-14H2,1-2H3,(H,28,29)/t15-,17-,18+,19-,20?,22?/m1/s1. The number of aliphatic hydroxyl groups excluding tert-OH is 4. The highest BCUT2D eigenvalue weighted by atomic mass is 16.6. The highest BCUT2D eigenvalue weighted by molar-refractivity contribution is 5.83. The fourth-order valence-corrected chi connectivity index (χ4v) is 3.95. The summed E-state index contributed by atoms with van der Waals surface area (Å²) in [4.78, 5) is 24.9. The lowest BCUT2D eigenvalue weighted by Gasteiger charge is -2.46. The SMILES string of the molecule is CCCCCCCCC(OC(=O)CCCCC)(C(=O)O)C1O[C@H](CO)[C@@H](O)[C@H](O)[C@H]1O. The van der Waals surface area contributed by atoms with Crippen molar-refractivity contribution in [1.82, 2.24) is 0 Å². The van der Waals surface area contributed by atoms with Crippen molar-refractivity contribution >= 4 is 11.9 Å². The van der Waals surface area contributed by atoms with E-state index in [-0.39, 0.29) is 12.8 Å². The summed E-state index contributed by atoms with van der Waals surface area (Å²) in [7, 11) is 0. The van der Waals surface area contributed by atoms with Crippen molar-refractivity contribution in [2.24, 2.45) is 0 Å². The first-order chi connectivity index (χ1) is 14.7. The Morgan fingerprint density at radius 1 is 0.871 bits per heavy atom. The number of rotatable bonds is 15. The Hall–Kier alpha value is -1.26. The first kappa shape index (κ1) is 27.8. The summed E-state index contributed by atoms with van der Waals surface area (Å²) in [6.07, 6.45) is -0.839. The van der Waals surface area contributed by atoms with Gasteiger partial charge in [0.25, 0.3) is 0 Å². The highest BCUT2D eigenvalue weighted by Gasteiger charge is 2.59. The molecule has 1 fully saturated rings. The monoisotopic (exact) mass is 448 g/mol. The van der Waals surface area contributed by atoms with Crippen LogP contribution in [0.3, 0.4) is 0 Å². The van der Waals surface area contributed by atoms with Crippen LogP contribution in [0.25, 0.3) is 0 Å². The maximum Gasteiger partial charge on any atom is 0.351 e. The zero-order chi connectivity index (χ0) is 23.4. The number of carboxylic acid groups (broad SMARTS) is 1. The smallest absolute Gasteiger partial charge is 0.351 e. The van der Waals surface area contributed by atoms with Crippen molar-refractivity contribution < 1.29 is 44.6 Å². The van der Waals surface area contributed by atoms with Crippen molar-refractivity contribution in [2.45, 2.75) is 121 Å². The molecule has 0 saturated carbocycles. The van der Waals surface area contributed by atoms with Crippen LogP contribution < -0.4 is 0 Å². The van der Waals surface area contributed by atoms with E-state index in [1.807, 2.05) is 6.92 Å². The van der Waals surface area contributed by atoms with Crippen LogP contribution >= 0.6 is 0 Å². The molecular weight excluding hydrogens is 408 g/mol. The molecule has 0 radical (unpaired) electrons. The summed E-state index contributed by atoms with van der Waals surface area (Å²) < 4.78 is 11.0. The van der Waals surface area contributed by atoms with Crippen LogP contribution in [0, 0.1) is 0 Å². The first-order valence-corrected chi connectivity index (χ1v) is 11.5. The van der Waals surface area contributed by atoms with E-state index in [1.54, 1.807) is 0 Å². The predicted molar refractivity (Wildman–Crippen MR) is 112 cm³/mol. The summed E-state index contributed by atoms with van der Waals surface area (Å²) in [5, 5.41) is 50.3. The zero-order valence-corrected chi connectivity index (χ0v) is 18.7. The van der Waals surface area contributed by atoms with Gasteiger partial charge in [-0.05, 0) is 12.8 Å². The van der Waals surface area contributed by atoms with Crippen molar-refractivity contribution in [1.29, 1.82) is 0 Å². The van der Waals surface area contributed by atoms with Gasteiger partial charge >= 0.3 is 11.9 Å². The number of unbranched alkanes of at least 4 members (excludes halogenated alkanes) is 7. The minimum absolute atomic E-state index is 0.0246. The minimum atomic E-state index is -2.23. The molecule has 6 atom stereocenters. The van der Waals surface area contributed by atoms with Gasteiger partial charge in [-0.25, -0.2) is 4.79 Å². The number of aliphatic hydroxyl groups is 4. The summed E-state index contributed by atoms with van der Waals surface area (Å²) in [6, 6.07) is 0. The van der Waals surface area contributed by atoms with Crippen LogP contribution in [0.5, 0.6) is 0 Å². The van der Waals surface area contributed by atoms with Crippen LogP contribution in [0.1, 0.15) is 84.5 Å². The number of ether oxygens (including phenoxy) is 2. The second kappa shape index (κ2) is 14.0. The molecule has 2 unspecified atom stereocenters. The summed E-state index contributed by atoms with van der Waals surface area (Å²) >= 11 is 0. The van der Waals surface area contributed by atoms with Gasteiger partial charge in [-0.1, -0.05) is 58.8 Å². The van der Waals surface area contributed by atoms with E-state index in [0.717, 1.165) is 38.5 Å². The molecule has 1 rings (SSSR count). The van der Waals surface area contributed by atoms with Gasteiger partial charge in [0, 0.05) is 12.8 Å². The lowest BCUT2D eigenvalue weighted by Crippen LogP contribution is -2.68. The molecule has 0 amide bonds. The molecule has 0 aromatic heterocycles. The third-order valence-electron chi connectivity index (χ3n) is 5.90. The zero-order valence-electron chi connectivity index (χ0n) is 18.7. The molecule has 1 aliphatic rings. The van der Waals surface area contributed by atoms with Gasteiger partial charge in [-0.2, -0.15) is 0 Å². The van der Waals surface area contributed by atoms with Crippen LogP contribution in [-0.2, 0) is 19.1 Å². The van der Waals surface area contributed by atoms with Gasteiger partial charge < -0.3 is 35.0 Å². The van der Waals surface area contributed by atoms with E-state index in [9.17, 15) is 35.1 Å². The molecule has 0 bridgehead atoms. The lowest BCUT2D eigenvalue weighted by atomic mass is 9.81. The number of carbonyl (C=O) groups excluding carboxylic acids is 1. The minimum Gasteiger partial charge on any atom is -0.478 e. The third kappa shape index (κ3) is 7.68. The molecule has 9 heteroatoms. The summed E-state index contributed by atoms with van der Waals surface area (Å²) in [6.45, 7) is 3.37. The Bertz CT molecular complexity index is 539. The number of carbonyl (C=O) groups is 2. The van der Waals surface area contributed by atoms with Crippen molar-refractivity contribution in [2.75, 3.05) is 6.61 Å².